The lowest BCUT2D eigenvalue weighted by atomic mass is 10.1. The van der Waals surface area contributed by atoms with E-state index >= 15 is 0 Å². The number of aromatic nitrogens is 2. The molecule has 0 aliphatic rings. The molecule has 0 saturated heterocycles. The smallest absolute Gasteiger partial charge is 0.161 e. The van der Waals surface area contributed by atoms with Crippen LogP contribution in [-0.4, -0.2) is 86.6 Å². The van der Waals surface area contributed by atoms with E-state index in [2.05, 4.69) is 108 Å². The molecule has 0 saturated carbocycles. The van der Waals surface area contributed by atoms with Crippen molar-refractivity contribution in [1.82, 2.24) is 19.8 Å². The molecule has 0 amide bonds. The Bertz CT molecular complexity index is 1320. The minimum atomic E-state index is 0.742. The Balaban J connectivity index is 1.49. The number of thiophene rings is 1. The van der Waals surface area contributed by atoms with Crippen molar-refractivity contribution in [3.8, 4) is 22.6 Å². The maximum Gasteiger partial charge on any atom is 0.161 e. The van der Waals surface area contributed by atoms with Crippen LogP contribution in [0.15, 0.2) is 70.0 Å². The molecule has 2 aromatic carbocycles. The van der Waals surface area contributed by atoms with Gasteiger partial charge in [-0.05, 0) is 76.7 Å². The highest BCUT2D eigenvalue weighted by Crippen LogP contribution is 2.32. The summed E-state index contributed by atoms with van der Waals surface area (Å²) in [5.74, 6) is 0.742. The van der Waals surface area contributed by atoms with Crippen LogP contribution in [0.4, 0.5) is 0 Å². The average Bonchev–Trinajstić information content (AvgIpc) is 3.37. The lowest BCUT2D eigenvalue weighted by molar-refractivity contribution is 0.403. The molecule has 2 heterocycles. The molecular weight excluding hydrogens is 476 g/mol. The summed E-state index contributed by atoms with van der Waals surface area (Å²) < 4.78 is 0. The van der Waals surface area contributed by atoms with Crippen LogP contribution in [-0.2, 0) is 0 Å². The highest BCUT2D eigenvalue weighted by molar-refractivity contribution is 7.16. The molecule has 0 radical (unpaired) electrons. The van der Waals surface area contributed by atoms with Gasteiger partial charge in [0.25, 0.3) is 0 Å². The zero-order valence-corrected chi connectivity index (χ0v) is 23.1. The molecule has 2 aromatic heterocycles. The van der Waals surface area contributed by atoms with Crippen LogP contribution in [0.25, 0.3) is 32.9 Å². The average molecular weight is 513 g/mol. The molecule has 192 valence electrons. The molecule has 7 heteroatoms. The molecular formula is C30H36N6S. The predicted octanol–water partition coefficient (Wildman–Crippen LogP) is 5.77. The zero-order chi connectivity index (χ0) is 26.0. The van der Waals surface area contributed by atoms with Gasteiger partial charge in [-0.15, -0.1) is 11.3 Å². The fraction of sp³-hybridized carbons (Fsp3) is 0.333. The largest absolute Gasteiger partial charge is 0.309 e. The monoisotopic (exact) mass is 512 g/mol. The number of aliphatic imine (C=N–C) groups is 2. The van der Waals surface area contributed by atoms with Gasteiger partial charge in [-0.25, -0.2) is 9.97 Å². The normalized spacial score (nSPS) is 12.2. The molecule has 0 aliphatic heterocycles. The van der Waals surface area contributed by atoms with E-state index in [1.807, 2.05) is 12.4 Å². The molecule has 37 heavy (non-hydrogen) atoms. The lowest BCUT2D eigenvalue weighted by Gasteiger charge is -2.08. The maximum absolute atomic E-state index is 5.00. The SMILES string of the molecule is CN(C)CCCN=Cc1ccc(-c2nc(-c3ccc(C=NCCCN(C)C)cc3)c3ccsc3n2)cc1. The van der Waals surface area contributed by atoms with E-state index in [1.165, 1.54) is 0 Å². The summed E-state index contributed by atoms with van der Waals surface area (Å²) in [6.45, 7) is 3.78. The molecule has 0 bridgehead atoms. The van der Waals surface area contributed by atoms with E-state index in [9.17, 15) is 0 Å². The van der Waals surface area contributed by atoms with E-state index in [0.717, 1.165) is 83.0 Å². The van der Waals surface area contributed by atoms with E-state index in [1.54, 1.807) is 11.3 Å². The second kappa shape index (κ2) is 13.3. The van der Waals surface area contributed by atoms with Gasteiger partial charge in [-0.3, -0.25) is 9.98 Å². The van der Waals surface area contributed by atoms with Gasteiger partial charge >= 0.3 is 0 Å². The highest BCUT2D eigenvalue weighted by atomic mass is 32.1. The maximum atomic E-state index is 5.00. The number of hydrogen-bond donors (Lipinski definition) is 0. The van der Waals surface area contributed by atoms with Crippen molar-refractivity contribution in [2.45, 2.75) is 12.8 Å². The molecule has 0 fully saturated rings. The van der Waals surface area contributed by atoms with Crippen LogP contribution >= 0.6 is 11.3 Å². The molecule has 0 unspecified atom stereocenters. The van der Waals surface area contributed by atoms with E-state index in [0.29, 0.717) is 0 Å². The molecule has 6 nitrogen and oxygen atoms in total. The Morgan fingerprint density at radius 3 is 1.78 bits per heavy atom. The van der Waals surface area contributed by atoms with E-state index < -0.39 is 0 Å². The Labute approximate surface area is 224 Å². The van der Waals surface area contributed by atoms with Crippen molar-refractivity contribution >= 4 is 34.0 Å². The first-order valence-electron chi connectivity index (χ1n) is 12.7. The van der Waals surface area contributed by atoms with Crippen LogP contribution in [0.1, 0.15) is 24.0 Å². The van der Waals surface area contributed by atoms with E-state index in [4.69, 9.17) is 9.97 Å². The minimum Gasteiger partial charge on any atom is -0.309 e. The van der Waals surface area contributed by atoms with Crippen molar-refractivity contribution in [3.63, 3.8) is 0 Å². The standard InChI is InChI=1S/C30H36N6S/c1-35(2)18-5-16-31-21-23-7-11-25(12-8-23)28-27-15-20-37-30(27)34-29(33-28)26-13-9-24(10-14-26)22-32-17-6-19-36(3)4/h7-15,20-22H,5-6,16-19H2,1-4H3. The van der Waals surface area contributed by atoms with Crippen molar-refractivity contribution in [2.75, 3.05) is 54.4 Å². The number of rotatable bonds is 12. The summed E-state index contributed by atoms with van der Waals surface area (Å²) in [7, 11) is 8.35. The molecule has 0 spiro atoms. The van der Waals surface area contributed by atoms with Gasteiger partial charge < -0.3 is 9.80 Å². The van der Waals surface area contributed by atoms with Crippen molar-refractivity contribution < 1.29 is 0 Å². The van der Waals surface area contributed by atoms with Crippen LogP contribution in [0.5, 0.6) is 0 Å². The third kappa shape index (κ3) is 7.86. The summed E-state index contributed by atoms with van der Waals surface area (Å²) in [6.07, 6.45) is 6.02. The number of hydrogen-bond acceptors (Lipinski definition) is 7. The number of benzene rings is 2. The van der Waals surface area contributed by atoms with Gasteiger partial charge in [0.2, 0.25) is 0 Å². The van der Waals surface area contributed by atoms with Gasteiger partial charge in [0.1, 0.15) is 4.83 Å². The summed E-state index contributed by atoms with van der Waals surface area (Å²) in [4.78, 5) is 24.3. The summed E-state index contributed by atoms with van der Waals surface area (Å²) in [6, 6.07) is 18.9. The third-order valence-corrected chi connectivity index (χ3v) is 6.75. The summed E-state index contributed by atoms with van der Waals surface area (Å²) in [5.41, 5.74) is 5.23. The van der Waals surface area contributed by atoms with Crippen molar-refractivity contribution in [2.24, 2.45) is 9.98 Å². The third-order valence-electron chi connectivity index (χ3n) is 5.94. The molecule has 0 N–H and O–H groups in total. The fourth-order valence-electron chi connectivity index (χ4n) is 3.95. The van der Waals surface area contributed by atoms with E-state index in [-0.39, 0.29) is 0 Å². The van der Waals surface area contributed by atoms with Gasteiger partial charge in [-0.2, -0.15) is 0 Å². The Morgan fingerprint density at radius 1 is 0.703 bits per heavy atom. The summed E-state index contributed by atoms with van der Waals surface area (Å²) >= 11 is 1.65. The summed E-state index contributed by atoms with van der Waals surface area (Å²) in [5, 5.41) is 3.16. The first-order valence-corrected chi connectivity index (χ1v) is 13.6. The lowest BCUT2D eigenvalue weighted by Crippen LogP contribution is -2.13. The van der Waals surface area contributed by atoms with Crippen LogP contribution in [0.3, 0.4) is 0 Å². The number of nitrogens with zero attached hydrogens (tertiary/aromatic N) is 6. The van der Waals surface area contributed by atoms with Gasteiger partial charge in [0.15, 0.2) is 5.82 Å². The molecule has 0 aliphatic carbocycles. The Morgan fingerprint density at radius 2 is 1.24 bits per heavy atom. The van der Waals surface area contributed by atoms with Gasteiger partial charge in [-0.1, -0.05) is 48.5 Å². The zero-order valence-electron chi connectivity index (χ0n) is 22.3. The van der Waals surface area contributed by atoms with Gasteiger partial charge in [0.05, 0.1) is 5.69 Å². The minimum absolute atomic E-state index is 0.742. The topological polar surface area (TPSA) is 57.0 Å². The number of fused-ring (bicyclic) bond motifs is 1. The molecule has 0 atom stereocenters. The van der Waals surface area contributed by atoms with Crippen molar-refractivity contribution in [3.05, 3.63) is 71.1 Å². The molecule has 4 rings (SSSR count). The highest BCUT2D eigenvalue weighted by Gasteiger charge is 2.12. The first-order chi connectivity index (χ1) is 18.0. The van der Waals surface area contributed by atoms with Gasteiger partial charge in [0, 0.05) is 42.0 Å². The Hall–Kier alpha value is -3.26. The quantitative estimate of drug-likeness (QED) is 0.179. The molecule has 4 aromatic rings. The first kappa shape index (κ1) is 26.8. The predicted molar refractivity (Wildman–Crippen MR) is 160 cm³/mol. The Kier molecular flexibility index (Phi) is 9.65. The van der Waals surface area contributed by atoms with Crippen LogP contribution in [0, 0.1) is 0 Å². The van der Waals surface area contributed by atoms with Crippen LogP contribution in [0.2, 0.25) is 0 Å². The fourth-order valence-corrected chi connectivity index (χ4v) is 4.71. The van der Waals surface area contributed by atoms with Crippen LogP contribution < -0.4 is 0 Å². The second-order valence-electron chi connectivity index (χ2n) is 9.66. The second-order valence-corrected chi connectivity index (χ2v) is 10.6. The van der Waals surface area contributed by atoms with Crippen molar-refractivity contribution in [1.29, 1.82) is 0 Å².